The van der Waals surface area contributed by atoms with Gasteiger partial charge >= 0.3 is 0 Å². The van der Waals surface area contributed by atoms with E-state index in [1.807, 2.05) is 18.2 Å². The molecule has 1 aromatic rings. The SMILES string of the molecule is C[C@H](c1ccccc1)N1C[C@@H](C)C2(CC2)C1=O. The molecule has 0 radical (unpaired) electrons. The molecule has 1 aromatic carbocycles. The van der Waals surface area contributed by atoms with Crippen LogP contribution in [0, 0.1) is 11.3 Å². The van der Waals surface area contributed by atoms with Crippen molar-refractivity contribution in [1.29, 1.82) is 0 Å². The smallest absolute Gasteiger partial charge is 0.229 e. The van der Waals surface area contributed by atoms with Crippen LogP contribution < -0.4 is 0 Å². The highest BCUT2D eigenvalue weighted by atomic mass is 16.2. The van der Waals surface area contributed by atoms with E-state index in [2.05, 4.69) is 30.9 Å². The molecular formula is C15H19NO. The Balaban J connectivity index is 1.84. The predicted octanol–water partition coefficient (Wildman–Crippen LogP) is 3.01. The van der Waals surface area contributed by atoms with Gasteiger partial charge in [0.05, 0.1) is 11.5 Å². The van der Waals surface area contributed by atoms with E-state index in [1.54, 1.807) is 0 Å². The maximum absolute atomic E-state index is 12.4. The summed E-state index contributed by atoms with van der Waals surface area (Å²) in [6.07, 6.45) is 2.20. The Morgan fingerprint density at radius 1 is 1.29 bits per heavy atom. The number of carbonyl (C=O) groups excluding carboxylic acids is 1. The molecule has 2 atom stereocenters. The minimum Gasteiger partial charge on any atom is -0.335 e. The van der Waals surface area contributed by atoms with Crippen LogP contribution in [0.25, 0.3) is 0 Å². The van der Waals surface area contributed by atoms with E-state index >= 15 is 0 Å². The van der Waals surface area contributed by atoms with Crippen LogP contribution in [0.3, 0.4) is 0 Å². The fraction of sp³-hybridized carbons (Fsp3) is 0.533. The van der Waals surface area contributed by atoms with Crippen LogP contribution in [-0.2, 0) is 4.79 Å². The van der Waals surface area contributed by atoms with E-state index < -0.39 is 0 Å². The van der Waals surface area contributed by atoms with Crippen LogP contribution in [0.2, 0.25) is 0 Å². The zero-order chi connectivity index (χ0) is 12.0. The highest BCUT2D eigenvalue weighted by Crippen LogP contribution is 2.58. The van der Waals surface area contributed by atoms with Gasteiger partial charge < -0.3 is 4.90 Å². The normalized spacial score (nSPS) is 27.5. The number of amides is 1. The number of hydrogen-bond acceptors (Lipinski definition) is 1. The number of hydrogen-bond donors (Lipinski definition) is 0. The molecule has 90 valence electrons. The first kappa shape index (κ1) is 10.8. The van der Waals surface area contributed by atoms with Gasteiger partial charge in [-0.05, 0) is 31.2 Å². The van der Waals surface area contributed by atoms with E-state index in [-0.39, 0.29) is 11.5 Å². The van der Waals surface area contributed by atoms with Gasteiger partial charge in [0.1, 0.15) is 0 Å². The third-order valence-corrected chi connectivity index (χ3v) is 4.64. The van der Waals surface area contributed by atoms with Crippen molar-refractivity contribution in [2.75, 3.05) is 6.54 Å². The second-order valence-electron chi connectivity index (χ2n) is 5.60. The monoisotopic (exact) mass is 229 g/mol. The number of likely N-dealkylation sites (tertiary alicyclic amines) is 1. The molecule has 1 aliphatic carbocycles. The molecule has 1 heterocycles. The quantitative estimate of drug-likeness (QED) is 0.763. The van der Waals surface area contributed by atoms with Crippen molar-refractivity contribution in [3.63, 3.8) is 0 Å². The average molecular weight is 229 g/mol. The first-order chi connectivity index (χ1) is 8.15. The summed E-state index contributed by atoms with van der Waals surface area (Å²) in [6, 6.07) is 10.5. The maximum atomic E-state index is 12.4. The molecule has 0 N–H and O–H groups in total. The number of rotatable bonds is 2. The highest BCUT2D eigenvalue weighted by Gasteiger charge is 2.60. The van der Waals surface area contributed by atoms with Crippen LogP contribution in [0.1, 0.15) is 38.3 Å². The van der Waals surface area contributed by atoms with Crippen molar-refractivity contribution in [2.45, 2.75) is 32.7 Å². The summed E-state index contributed by atoms with van der Waals surface area (Å²) in [7, 11) is 0. The van der Waals surface area contributed by atoms with Gasteiger partial charge in [-0.1, -0.05) is 37.3 Å². The zero-order valence-corrected chi connectivity index (χ0v) is 10.5. The van der Waals surface area contributed by atoms with E-state index in [9.17, 15) is 4.79 Å². The van der Waals surface area contributed by atoms with Crippen molar-refractivity contribution in [3.8, 4) is 0 Å². The topological polar surface area (TPSA) is 20.3 Å². The van der Waals surface area contributed by atoms with Crippen LogP contribution >= 0.6 is 0 Å². The summed E-state index contributed by atoms with van der Waals surface area (Å²) >= 11 is 0. The van der Waals surface area contributed by atoms with Gasteiger partial charge in [0.2, 0.25) is 5.91 Å². The molecule has 1 saturated carbocycles. The summed E-state index contributed by atoms with van der Waals surface area (Å²) in [5, 5.41) is 0. The summed E-state index contributed by atoms with van der Waals surface area (Å²) in [5.74, 6) is 0.919. The Hall–Kier alpha value is -1.31. The summed E-state index contributed by atoms with van der Waals surface area (Å²) < 4.78 is 0. The average Bonchev–Trinajstić information content (AvgIpc) is 3.12. The fourth-order valence-corrected chi connectivity index (χ4v) is 3.14. The second-order valence-corrected chi connectivity index (χ2v) is 5.60. The Bertz CT molecular complexity index is 435. The molecule has 1 saturated heterocycles. The van der Waals surface area contributed by atoms with Crippen molar-refractivity contribution in [2.24, 2.45) is 11.3 Å². The third kappa shape index (κ3) is 1.50. The van der Waals surface area contributed by atoms with Crippen LogP contribution in [0.15, 0.2) is 30.3 Å². The minimum atomic E-state index is 0.0308. The third-order valence-electron chi connectivity index (χ3n) is 4.64. The van der Waals surface area contributed by atoms with Gasteiger partial charge in [-0.15, -0.1) is 0 Å². The molecule has 1 amide bonds. The molecule has 17 heavy (non-hydrogen) atoms. The van der Waals surface area contributed by atoms with E-state index in [0.717, 1.165) is 19.4 Å². The minimum absolute atomic E-state index is 0.0308. The summed E-state index contributed by atoms with van der Waals surface area (Å²) in [6.45, 7) is 5.29. The van der Waals surface area contributed by atoms with Gasteiger partial charge in [-0.25, -0.2) is 0 Å². The standard InChI is InChI=1S/C15H19NO/c1-11-10-16(14(17)15(11)8-9-15)12(2)13-6-4-3-5-7-13/h3-7,11-12H,8-10H2,1-2H3/t11-,12-/m1/s1. The molecule has 2 fully saturated rings. The lowest BCUT2D eigenvalue weighted by molar-refractivity contribution is -0.134. The van der Waals surface area contributed by atoms with Crippen LogP contribution in [-0.4, -0.2) is 17.4 Å². The van der Waals surface area contributed by atoms with Crippen LogP contribution in [0.4, 0.5) is 0 Å². The molecular weight excluding hydrogens is 210 g/mol. The first-order valence-corrected chi connectivity index (χ1v) is 6.51. The first-order valence-electron chi connectivity index (χ1n) is 6.51. The molecule has 1 aliphatic heterocycles. The molecule has 2 nitrogen and oxygen atoms in total. The second kappa shape index (κ2) is 3.59. The number of benzene rings is 1. The lowest BCUT2D eigenvalue weighted by Gasteiger charge is -2.25. The van der Waals surface area contributed by atoms with Gasteiger partial charge in [0.15, 0.2) is 0 Å². The van der Waals surface area contributed by atoms with Crippen LogP contribution in [0.5, 0.6) is 0 Å². The Morgan fingerprint density at radius 2 is 1.94 bits per heavy atom. The van der Waals surface area contributed by atoms with Gasteiger partial charge in [0, 0.05) is 6.54 Å². The summed E-state index contributed by atoms with van der Waals surface area (Å²) in [4.78, 5) is 14.5. The maximum Gasteiger partial charge on any atom is 0.229 e. The fourth-order valence-electron chi connectivity index (χ4n) is 3.14. The van der Waals surface area contributed by atoms with E-state index in [4.69, 9.17) is 0 Å². The Labute approximate surface area is 103 Å². The molecule has 2 aliphatic rings. The summed E-state index contributed by atoms with van der Waals surface area (Å²) in [5.41, 5.74) is 1.27. The van der Waals surface area contributed by atoms with Crippen molar-refractivity contribution >= 4 is 5.91 Å². The Kier molecular flexibility index (Phi) is 2.29. The number of carbonyl (C=O) groups is 1. The zero-order valence-electron chi connectivity index (χ0n) is 10.5. The Morgan fingerprint density at radius 3 is 2.47 bits per heavy atom. The predicted molar refractivity (Wildman–Crippen MR) is 67.4 cm³/mol. The lowest BCUT2D eigenvalue weighted by Crippen LogP contribution is -2.30. The lowest BCUT2D eigenvalue weighted by atomic mass is 9.94. The molecule has 0 aromatic heterocycles. The molecule has 1 spiro atoms. The van der Waals surface area contributed by atoms with E-state index in [1.165, 1.54) is 5.56 Å². The largest absolute Gasteiger partial charge is 0.335 e. The van der Waals surface area contributed by atoms with Crippen molar-refractivity contribution in [3.05, 3.63) is 35.9 Å². The molecule has 0 unspecified atom stereocenters. The molecule has 2 heteroatoms. The van der Waals surface area contributed by atoms with Gasteiger partial charge in [-0.3, -0.25) is 4.79 Å². The van der Waals surface area contributed by atoms with Crippen molar-refractivity contribution < 1.29 is 4.79 Å². The molecule has 3 rings (SSSR count). The molecule has 0 bridgehead atoms. The highest BCUT2D eigenvalue weighted by molar-refractivity contribution is 5.88. The van der Waals surface area contributed by atoms with E-state index in [0.29, 0.717) is 11.8 Å². The number of nitrogens with zero attached hydrogens (tertiary/aromatic N) is 1. The van der Waals surface area contributed by atoms with Crippen molar-refractivity contribution in [1.82, 2.24) is 4.90 Å². The van der Waals surface area contributed by atoms with Gasteiger partial charge in [-0.2, -0.15) is 0 Å². The van der Waals surface area contributed by atoms with Gasteiger partial charge in [0.25, 0.3) is 0 Å².